The Hall–Kier alpha value is -0.600. The van der Waals surface area contributed by atoms with Crippen LogP contribution in [0.3, 0.4) is 0 Å². The topological polar surface area (TPSA) is 6.48 Å². The SMILES string of the molecule is CC1=C(CN(C)C)C(CN(C)C)C=C1. The molecule has 0 saturated carbocycles. The second kappa shape index (κ2) is 4.76. The molecule has 0 radical (unpaired) electrons. The van der Waals surface area contributed by atoms with Crippen molar-refractivity contribution in [3.05, 3.63) is 23.3 Å². The molecular formula is C12H22N2. The van der Waals surface area contributed by atoms with E-state index in [0.717, 1.165) is 13.1 Å². The van der Waals surface area contributed by atoms with Crippen molar-refractivity contribution in [3.63, 3.8) is 0 Å². The molecule has 0 amide bonds. The van der Waals surface area contributed by atoms with Gasteiger partial charge in [-0.3, -0.25) is 0 Å². The third kappa shape index (κ3) is 2.96. The van der Waals surface area contributed by atoms with Gasteiger partial charge in [-0.05, 0) is 40.7 Å². The van der Waals surface area contributed by atoms with Crippen LogP contribution in [0.1, 0.15) is 6.92 Å². The van der Waals surface area contributed by atoms with Crippen molar-refractivity contribution in [1.82, 2.24) is 9.80 Å². The van der Waals surface area contributed by atoms with E-state index in [0.29, 0.717) is 5.92 Å². The Morgan fingerprint density at radius 3 is 2.29 bits per heavy atom. The maximum Gasteiger partial charge on any atom is 0.0198 e. The van der Waals surface area contributed by atoms with Gasteiger partial charge in [-0.25, -0.2) is 0 Å². The minimum atomic E-state index is 0.618. The van der Waals surface area contributed by atoms with Gasteiger partial charge in [-0.2, -0.15) is 0 Å². The molecule has 2 heteroatoms. The van der Waals surface area contributed by atoms with Crippen LogP contribution in [0.5, 0.6) is 0 Å². The summed E-state index contributed by atoms with van der Waals surface area (Å²) in [5, 5.41) is 0. The fourth-order valence-corrected chi connectivity index (χ4v) is 1.92. The van der Waals surface area contributed by atoms with E-state index >= 15 is 0 Å². The van der Waals surface area contributed by atoms with Gasteiger partial charge in [0.25, 0.3) is 0 Å². The van der Waals surface area contributed by atoms with Crippen molar-refractivity contribution in [1.29, 1.82) is 0 Å². The fraction of sp³-hybridized carbons (Fsp3) is 0.667. The molecule has 1 aliphatic carbocycles. The molecule has 14 heavy (non-hydrogen) atoms. The lowest BCUT2D eigenvalue weighted by molar-refractivity contribution is 0.361. The first kappa shape index (κ1) is 11.5. The first-order valence-electron chi connectivity index (χ1n) is 5.18. The average Bonchev–Trinajstić information content (AvgIpc) is 2.34. The van der Waals surface area contributed by atoms with Gasteiger partial charge in [0.05, 0.1) is 0 Å². The molecule has 0 N–H and O–H groups in total. The van der Waals surface area contributed by atoms with Crippen molar-refractivity contribution in [3.8, 4) is 0 Å². The van der Waals surface area contributed by atoms with Crippen molar-refractivity contribution >= 4 is 0 Å². The third-order valence-electron chi connectivity index (χ3n) is 2.58. The van der Waals surface area contributed by atoms with Gasteiger partial charge < -0.3 is 9.80 Å². The lowest BCUT2D eigenvalue weighted by Gasteiger charge is -2.21. The summed E-state index contributed by atoms with van der Waals surface area (Å²) in [6.07, 6.45) is 4.58. The second-order valence-electron chi connectivity index (χ2n) is 4.67. The molecule has 0 aromatic carbocycles. The number of likely N-dealkylation sites (N-methyl/N-ethyl adjacent to an activating group) is 1. The van der Waals surface area contributed by atoms with Crippen LogP contribution in [0, 0.1) is 5.92 Å². The van der Waals surface area contributed by atoms with Crippen molar-refractivity contribution in [2.24, 2.45) is 5.92 Å². The zero-order valence-corrected chi connectivity index (χ0v) is 10.0. The van der Waals surface area contributed by atoms with Crippen LogP contribution in [-0.4, -0.2) is 51.1 Å². The lowest BCUT2D eigenvalue weighted by Crippen LogP contribution is -2.25. The van der Waals surface area contributed by atoms with Crippen molar-refractivity contribution in [2.75, 3.05) is 41.3 Å². The molecule has 0 saturated heterocycles. The van der Waals surface area contributed by atoms with Crippen LogP contribution in [-0.2, 0) is 0 Å². The Balaban J connectivity index is 2.65. The summed E-state index contributed by atoms with van der Waals surface area (Å²) in [7, 11) is 8.53. The molecule has 80 valence electrons. The Kier molecular flexibility index (Phi) is 3.90. The summed E-state index contributed by atoms with van der Waals surface area (Å²) in [5.74, 6) is 0.618. The van der Waals surface area contributed by atoms with Crippen LogP contribution in [0.2, 0.25) is 0 Å². The highest BCUT2D eigenvalue weighted by Crippen LogP contribution is 2.25. The molecule has 0 fully saturated rings. The van der Waals surface area contributed by atoms with Crippen molar-refractivity contribution < 1.29 is 0 Å². The maximum atomic E-state index is 2.33. The van der Waals surface area contributed by atoms with E-state index in [4.69, 9.17) is 0 Å². The van der Waals surface area contributed by atoms with E-state index < -0.39 is 0 Å². The minimum absolute atomic E-state index is 0.618. The van der Waals surface area contributed by atoms with Gasteiger partial charge in [0.2, 0.25) is 0 Å². The standard InChI is InChI=1S/C12H22N2/c1-10-6-7-11(8-13(2)3)12(10)9-14(4)5/h6-7,11H,8-9H2,1-5H3. The van der Waals surface area contributed by atoms with Gasteiger partial charge in [0, 0.05) is 19.0 Å². The summed E-state index contributed by atoms with van der Waals surface area (Å²) in [4.78, 5) is 4.50. The molecule has 0 bridgehead atoms. The first-order chi connectivity index (χ1) is 6.50. The first-order valence-corrected chi connectivity index (χ1v) is 5.18. The number of nitrogens with zero attached hydrogens (tertiary/aromatic N) is 2. The van der Waals surface area contributed by atoms with E-state index in [9.17, 15) is 0 Å². The molecule has 0 aliphatic heterocycles. The molecule has 0 heterocycles. The minimum Gasteiger partial charge on any atom is -0.308 e. The monoisotopic (exact) mass is 194 g/mol. The largest absolute Gasteiger partial charge is 0.308 e. The Morgan fingerprint density at radius 1 is 1.14 bits per heavy atom. The molecule has 1 rings (SSSR count). The Morgan fingerprint density at radius 2 is 1.79 bits per heavy atom. The maximum absolute atomic E-state index is 2.33. The summed E-state index contributed by atoms with van der Waals surface area (Å²) >= 11 is 0. The Labute approximate surface area is 87.9 Å². The predicted octanol–water partition coefficient (Wildman–Crippen LogP) is 1.61. The molecule has 0 aromatic heterocycles. The van der Waals surface area contributed by atoms with Gasteiger partial charge in [0.1, 0.15) is 0 Å². The van der Waals surface area contributed by atoms with Crippen LogP contribution in [0.4, 0.5) is 0 Å². The van der Waals surface area contributed by atoms with Gasteiger partial charge in [0.15, 0.2) is 0 Å². The van der Waals surface area contributed by atoms with Gasteiger partial charge >= 0.3 is 0 Å². The summed E-state index contributed by atoms with van der Waals surface area (Å²) < 4.78 is 0. The van der Waals surface area contributed by atoms with Crippen LogP contribution in [0.25, 0.3) is 0 Å². The summed E-state index contributed by atoms with van der Waals surface area (Å²) in [5.41, 5.74) is 3.02. The number of allylic oxidation sites excluding steroid dienone is 2. The van der Waals surface area contributed by atoms with Crippen LogP contribution < -0.4 is 0 Å². The molecule has 2 nitrogen and oxygen atoms in total. The smallest absolute Gasteiger partial charge is 0.0198 e. The van der Waals surface area contributed by atoms with Crippen LogP contribution >= 0.6 is 0 Å². The third-order valence-corrected chi connectivity index (χ3v) is 2.58. The molecular weight excluding hydrogens is 172 g/mol. The van der Waals surface area contributed by atoms with E-state index in [2.05, 4.69) is 57.1 Å². The van der Waals surface area contributed by atoms with E-state index in [1.165, 1.54) is 5.57 Å². The predicted molar refractivity (Wildman–Crippen MR) is 62.4 cm³/mol. The van der Waals surface area contributed by atoms with E-state index in [1.807, 2.05) is 0 Å². The molecule has 1 atom stereocenters. The summed E-state index contributed by atoms with van der Waals surface area (Å²) in [6, 6.07) is 0. The van der Waals surface area contributed by atoms with E-state index in [1.54, 1.807) is 5.57 Å². The summed E-state index contributed by atoms with van der Waals surface area (Å²) in [6.45, 7) is 4.42. The number of hydrogen-bond acceptors (Lipinski definition) is 2. The zero-order chi connectivity index (χ0) is 10.7. The average molecular weight is 194 g/mol. The van der Waals surface area contributed by atoms with Crippen LogP contribution in [0.15, 0.2) is 23.3 Å². The van der Waals surface area contributed by atoms with Crippen molar-refractivity contribution in [2.45, 2.75) is 6.92 Å². The highest BCUT2D eigenvalue weighted by Gasteiger charge is 2.19. The van der Waals surface area contributed by atoms with Gasteiger partial charge in [-0.15, -0.1) is 0 Å². The van der Waals surface area contributed by atoms with E-state index in [-0.39, 0.29) is 0 Å². The number of hydrogen-bond donors (Lipinski definition) is 0. The molecule has 1 unspecified atom stereocenters. The lowest BCUT2D eigenvalue weighted by atomic mass is 10.00. The highest BCUT2D eigenvalue weighted by molar-refractivity contribution is 5.36. The number of rotatable bonds is 4. The second-order valence-corrected chi connectivity index (χ2v) is 4.67. The Bertz CT molecular complexity index is 249. The van der Waals surface area contributed by atoms with Gasteiger partial charge in [-0.1, -0.05) is 17.7 Å². The highest BCUT2D eigenvalue weighted by atomic mass is 15.1. The fourth-order valence-electron chi connectivity index (χ4n) is 1.92. The molecule has 0 spiro atoms. The molecule has 1 aliphatic rings. The normalized spacial score (nSPS) is 21.8. The molecule has 0 aromatic rings. The zero-order valence-electron chi connectivity index (χ0n) is 10.0. The quantitative estimate of drug-likeness (QED) is 0.671.